The lowest BCUT2D eigenvalue weighted by molar-refractivity contribution is -0.128. The minimum atomic E-state index is -0.538. The number of carbonyl (C=O) groups excluding carboxylic acids is 1. The number of para-hydroxylation sites is 1. The van der Waals surface area contributed by atoms with E-state index >= 15 is 4.39 Å². The number of aromatic nitrogens is 4. The van der Waals surface area contributed by atoms with Crippen molar-refractivity contribution in [3.05, 3.63) is 72.3 Å². The van der Waals surface area contributed by atoms with Gasteiger partial charge in [-0.3, -0.25) is 9.69 Å². The Labute approximate surface area is 260 Å². The highest BCUT2D eigenvalue weighted by Gasteiger charge is 2.35. The molecule has 6 rings (SSSR count). The molecule has 11 nitrogen and oxygen atoms in total. The molecule has 12 heteroatoms. The van der Waals surface area contributed by atoms with Crippen LogP contribution in [0.4, 0.5) is 10.2 Å². The van der Waals surface area contributed by atoms with Gasteiger partial charge in [0, 0.05) is 30.3 Å². The number of fused-ring (bicyclic) bond motifs is 1. The van der Waals surface area contributed by atoms with E-state index in [1.54, 1.807) is 39.9 Å². The molecule has 2 aromatic carbocycles. The van der Waals surface area contributed by atoms with Crippen molar-refractivity contribution in [3.8, 4) is 28.8 Å². The summed E-state index contributed by atoms with van der Waals surface area (Å²) in [6.45, 7) is 6.02. The first-order chi connectivity index (χ1) is 21.7. The topological polar surface area (TPSA) is 135 Å². The first kappa shape index (κ1) is 30.2. The number of amides is 1. The Bertz CT molecular complexity index is 1790. The van der Waals surface area contributed by atoms with E-state index < -0.39 is 11.4 Å². The van der Waals surface area contributed by atoms with Crippen LogP contribution < -0.4 is 10.5 Å². The maximum absolute atomic E-state index is 15.6. The van der Waals surface area contributed by atoms with E-state index in [1.165, 1.54) is 12.4 Å². The number of likely N-dealkylation sites (N-methyl/N-ethyl adjacent to an activating group) is 1. The van der Waals surface area contributed by atoms with Crippen molar-refractivity contribution in [2.45, 2.75) is 44.3 Å². The summed E-state index contributed by atoms with van der Waals surface area (Å²) in [6, 6.07) is 15.8. The number of benzene rings is 2. The number of anilines is 1. The highest BCUT2D eigenvalue weighted by molar-refractivity contribution is 5.99. The summed E-state index contributed by atoms with van der Waals surface area (Å²) in [4.78, 5) is 26.1. The van der Waals surface area contributed by atoms with Crippen LogP contribution in [0.5, 0.6) is 11.5 Å². The van der Waals surface area contributed by atoms with Gasteiger partial charge in [0.25, 0.3) is 5.91 Å². The fourth-order valence-electron chi connectivity index (χ4n) is 5.84. The summed E-state index contributed by atoms with van der Waals surface area (Å²) in [5.41, 5.74) is 6.83. The molecule has 0 spiro atoms. The van der Waals surface area contributed by atoms with Gasteiger partial charge >= 0.3 is 0 Å². The molecule has 232 valence electrons. The molecule has 1 amide bonds. The molecule has 1 unspecified atom stereocenters. The maximum Gasteiger partial charge on any atom is 0.264 e. The Morgan fingerprint density at radius 1 is 1.20 bits per heavy atom. The van der Waals surface area contributed by atoms with Gasteiger partial charge in [-0.25, -0.2) is 19.0 Å². The molecule has 0 radical (unpaired) electrons. The van der Waals surface area contributed by atoms with Crippen molar-refractivity contribution >= 4 is 22.8 Å². The number of likely N-dealkylation sites (tertiary alicyclic amines) is 1. The van der Waals surface area contributed by atoms with Gasteiger partial charge in [0.2, 0.25) is 0 Å². The number of rotatable bonds is 8. The van der Waals surface area contributed by atoms with Crippen molar-refractivity contribution < 1.29 is 18.7 Å². The lowest BCUT2D eigenvalue weighted by Crippen LogP contribution is -2.55. The molecular weight excluding hydrogens is 575 g/mol. The van der Waals surface area contributed by atoms with Gasteiger partial charge in [-0.15, -0.1) is 0 Å². The summed E-state index contributed by atoms with van der Waals surface area (Å²) >= 11 is 0. The summed E-state index contributed by atoms with van der Waals surface area (Å²) in [5, 5.41) is 15.2. The smallest absolute Gasteiger partial charge is 0.264 e. The Balaban J connectivity index is 1.28. The largest absolute Gasteiger partial charge is 0.457 e. The molecule has 4 aromatic rings. The number of hydrogen-bond acceptors (Lipinski definition) is 9. The molecule has 4 heterocycles. The molecule has 2 aromatic heterocycles. The van der Waals surface area contributed by atoms with Gasteiger partial charge in [0.05, 0.1) is 30.7 Å². The van der Waals surface area contributed by atoms with Crippen molar-refractivity contribution in [1.82, 2.24) is 29.5 Å². The Morgan fingerprint density at radius 3 is 2.67 bits per heavy atom. The van der Waals surface area contributed by atoms with Gasteiger partial charge < -0.3 is 20.1 Å². The van der Waals surface area contributed by atoms with E-state index in [-0.39, 0.29) is 34.9 Å². The molecule has 45 heavy (non-hydrogen) atoms. The number of ether oxygens (including phenoxy) is 2. The number of hydrogen-bond donors (Lipinski definition) is 1. The SMILES string of the molecule is CN(C1COC1)C(C)(C)/C=C(/C#N)C(=O)N1CCCC(n2nc(-c3ccc(Oc4ccccc4)cc3F)c3c(N)ncnc32)C1. The second-order valence-electron chi connectivity index (χ2n) is 12.0. The van der Waals surface area contributed by atoms with Crippen molar-refractivity contribution in [2.24, 2.45) is 0 Å². The number of nitriles is 1. The monoisotopic (exact) mass is 610 g/mol. The predicted molar refractivity (Wildman–Crippen MR) is 167 cm³/mol. The van der Waals surface area contributed by atoms with Gasteiger partial charge in [-0.1, -0.05) is 18.2 Å². The van der Waals surface area contributed by atoms with Crippen molar-refractivity contribution in [1.29, 1.82) is 5.26 Å². The summed E-state index contributed by atoms with van der Waals surface area (Å²) in [5.74, 6) is 0.231. The van der Waals surface area contributed by atoms with Crippen LogP contribution in [-0.4, -0.2) is 80.4 Å². The van der Waals surface area contributed by atoms with Crippen LogP contribution in [0.2, 0.25) is 0 Å². The summed E-state index contributed by atoms with van der Waals surface area (Å²) in [6.07, 6.45) is 4.48. The standard InChI is InChI=1S/C33H35FN8O3/c1-33(2,40(3)23-18-44-19-23)15-21(16-35)32(43)41-13-7-8-22(17-41)42-31-28(30(36)37-20-38-31)29(39-42)26-12-11-25(14-27(26)34)45-24-9-5-4-6-10-24/h4-6,9-12,14-15,20,22-23H,7-8,13,17-19H2,1-3H3,(H2,36,37,38)/b21-15-. The normalized spacial score (nSPS) is 17.7. The van der Waals surface area contributed by atoms with Crippen LogP contribution in [0.1, 0.15) is 32.7 Å². The average Bonchev–Trinajstić information content (AvgIpc) is 3.40. The first-order valence-electron chi connectivity index (χ1n) is 14.9. The van der Waals surface area contributed by atoms with Crippen LogP contribution in [0.3, 0.4) is 0 Å². The molecule has 1 atom stereocenters. The lowest BCUT2D eigenvalue weighted by atomic mass is 9.96. The highest BCUT2D eigenvalue weighted by atomic mass is 19.1. The third-order valence-corrected chi connectivity index (χ3v) is 8.65. The van der Waals surface area contributed by atoms with E-state index in [9.17, 15) is 10.1 Å². The molecule has 0 bridgehead atoms. The Hall–Kier alpha value is -4.86. The number of nitrogens with zero attached hydrogens (tertiary/aromatic N) is 7. The lowest BCUT2D eigenvalue weighted by Gasteiger charge is -2.43. The second kappa shape index (κ2) is 12.3. The van der Waals surface area contributed by atoms with Crippen LogP contribution >= 0.6 is 0 Å². The summed E-state index contributed by atoms with van der Waals surface area (Å²) < 4.78 is 28.4. The van der Waals surface area contributed by atoms with E-state index in [4.69, 9.17) is 20.3 Å². The third kappa shape index (κ3) is 5.96. The summed E-state index contributed by atoms with van der Waals surface area (Å²) in [7, 11) is 1.97. The van der Waals surface area contributed by atoms with Gasteiger partial charge in [0.1, 0.15) is 46.8 Å². The fraction of sp³-hybridized carbons (Fsp3) is 0.364. The minimum absolute atomic E-state index is 0.0882. The van der Waals surface area contributed by atoms with Gasteiger partial charge in [0.15, 0.2) is 5.65 Å². The predicted octanol–water partition coefficient (Wildman–Crippen LogP) is 4.73. The van der Waals surface area contributed by atoms with Crippen molar-refractivity contribution in [2.75, 3.05) is 39.1 Å². The fourth-order valence-corrected chi connectivity index (χ4v) is 5.84. The quantitative estimate of drug-likeness (QED) is 0.222. The molecule has 2 fully saturated rings. The number of nitrogen functional groups attached to an aromatic ring is 1. The number of nitrogens with two attached hydrogens (primary N) is 1. The minimum Gasteiger partial charge on any atom is -0.457 e. The third-order valence-electron chi connectivity index (χ3n) is 8.65. The van der Waals surface area contributed by atoms with Crippen LogP contribution in [0, 0.1) is 17.1 Å². The molecule has 0 saturated carbocycles. The average molecular weight is 611 g/mol. The Kier molecular flexibility index (Phi) is 8.22. The number of carbonyl (C=O) groups is 1. The Morgan fingerprint density at radius 2 is 1.98 bits per heavy atom. The zero-order valence-electron chi connectivity index (χ0n) is 25.5. The van der Waals surface area contributed by atoms with E-state index in [2.05, 4.69) is 20.9 Å². The maximum atomic E-state index is 15.6. The molecule has 2 saturated heterocycles. The van der Waals surface area contributed by atoms with E-state index in [0.29, 0.717) is 67.4 Å². The van der Waals surface area contributed by atoms with Crippen LogP contribution in [0.15, 0.2) is 66.5 Å². The van der Waals surface area contributed by atoms with Crippen LogP contribution in [-0.2, 0) is 9.53 Å². The highest BCUT2D eigenvalue weighted by Crippen LogP contribution is 2.36. The zero-order valence-corrected chi connectivity index (χ0v) is 25.5. The number of halogens is 1. The first-order valence-corrected chi connectivity index (χ1v) is 14.9. The molecular formula is C33H35FN8O3. The number of piperidine rings is 1. The van der Waals surface area contributed by atoms with E-state index in [0.717, 1.165) is 0 Å². The second-order valence-corrected chi connectivity index (χ2v) is 12.0. The van der Waals surface area contributed by atoms with E-state index in [1.807, 2.05) is 39.1 Å². The van der Waals surface area contributed by atoms with Crippen molar-refractivity contribution in [3.63, 3.8) is 0 Å². The van der Waals surface area contributed by atoms with Gasteiger partial charge in [-0.05, 0) is 64.1 Å². The zero-order chi connectivity index (χ0) is 31.7. The molecule has 0 aliphatic carbocycles. The molecule has 2 aliphatic rings. The molecule has 2 aliphatic heterocycles. The van der Waals surface area contributed by atoms with Gasteiger partial charge in [-0.2, -0.15) is 10.4 Å². The molecule has 2 N–H and O–H groups in total. The van der Waals surface area contributed by atoms with Crippen LogP contribution in [0.25, 0.3) is 22.3 Å².